The summed E-state index contributed by atoms with van der Waals surface area (Å²) in [6.07, 6.45) is 0.169. The SMILES string of the molecule is CN[C@H](CC(C)C)C(=O)N[C@H]1C(=O)N[C@@H](CC(N)=O)C(=O)N[C@H]2C(=O)N[C@H]3C(=O)N[C@H](C(=O)N[C@H](C(=O)NC4C5CC6CC(C5)CC4C6)c4cc(O)cc(O)c4-c4cc3ccc4O)[C@H](O)c3ccc(cc3)Oc3cc2cc(c3O)Oc2ccc(cc2Cl)[C@H]1O. The lowest BCUT2D eigenvalue weighted by Gasteiger charge is -2.54. The Hall–Kier alpha value is -9.17. The van der Waals surface area contributed by atoms with Gasteiger partial charge >= 0.3 is 0 Å². The van der Waals surface area contributed by atoms with Gasteiger partial charge in [-0.1, -0.05) is 49.7 Å². The van der Waals surface area contributed by atoms with Gasteiger partial charge in [-0.25, -0.2) is 0 Å². The van der Waals surface area contributed by atoms with Crippen LogP contribution in [0, 0.1) is 29.6 Å². The van der Waals surface area contributed by atoms with Crippen molar-refractivity contribution in [2.45, 2.75) is 119 Å². The minimum absolute atomic E-state index is 0.00415. The highest BCUT2D eigenvalue weighted by molar-refractivity contribution is 6.32. The first-order valence-corrected chi connectivity index (χ1v) is 29.7. The number of hydrogen-bond donors (Lipinski definition) is 15. The van der Waals surface area contributed by atoms with E-state index in [1.807, 2.05) is 13.8 Å². The van der Waals surface area contributed by atoms with E-state index >= 15 is 19.2 Å². The molecule has 5 aromatic carbocycles. The fourth-order valence-corrected chi connectivity index (χ4v) is 13.9. The number of aromatic hydroxyl groups is 4. The average molecular weight is 1240 g/mol. The third kappa shape index (κ3) is 12.5. The predicted octanol–water partition coefficient (Wildman–Crippen LogP) is 3.60. The van der Waals surface area contributed by atoms with Gasteiger partial charge in [-0.15, -0.1) is 0 Å². The summed E-state index contributed by atoms with van der Waals surface area (Å²) < 4.78 is 12.4. The van der Waals surface area contributed by atoms with Crippen molar-refractivity contribution >= 4 is 58.9 Å². The fourth-order valence-electron chi connectivity index (χ4n) is 13.7. The molecule has 0 unspecified atom stereocenters. The van der Waals surface area contributed by atoms with Gasteiger partial charge in [-0.2, -0.15) is 0 Å². The number of fused-ring (bicyclic) bond motifs is 15. The second-order valence-corrected chi connectivity index (χ2v) is 24.8. The summed E-state index contributed by atoms with van der Waals surface area (Å²) >= 11 is 6.82. The van der Waals surface area contributed by atoms with Crippen LogP contribution in [0.15, 0.2) is 84.9 Å². The molecule has 16 N–H and O–H groups in total. The normalized spacial score (nSPS) is 27.5. The molecule has 89 heavy (non-hydrogen) atoms. The van der Waals surface area contributed by atoms with Crippen molar-refractivity contribution in [1.29, 1.82) is 0 Å². The first kappa shape index (κ1) is 61.5. The van der Waals surface area contributed by atoms with Crippen LogP contribution in [0.5, 0.6) is 46.0 Å². The maximum absolute atomic E-state index is 15.6. The highest BCUT2D eigenvalue weighted by Gasteiger charge is 2.50. The number of phenols is 4. The van der Waals surface area contributed by atoms with Crippen LogP contribution in [0.2, 0.25) is 5.02 Å². The number of aliphatic hydroxyl groups excluding tert-OH is 2. The van der Waals surface area contributed by atoms with Crippen molar-refractivity contribution in [2.75, 3.05) is 7.05 Å². The Morgan fingerprint density at radius 2 is 1.27 bits per heavy atom. The Bertz CT molecular complexity index is 3670. The summed E-state index contributed by atoms with van der Waals surface area (Å²) in [5, 5.41) is 92.2. The zero-order valence-corrected chi connectivity index (χ0v) is 49.2. The number of nitrogens with two attached hydrogens (primary N) is 1. The molecule has 9 aliphatic rings. The lowest BCUT2D eigenvalue weighted by atomic mass is 9.54. The number of hydrogen-bond acceptors (Lipinski definition) is 17. The number of phenolic OH excluding ortho intramolecular Hbond substituents is 4. The molecule has 0 saturated heterocycles. The van der Waals surface area contributed by atoms with Crippen molar-refractivity contribution < 1.29 is 78.5 Å². The minimum Gasteiger partial charge on any atom is -0.508 e. The highest BCUT2D eigenvalue weighted by atomic mass is 35.5. The summed E-state index contributed by atoms with van der Waals surface area (Å²) in [4.78, 5) is 118. The number of primary amides is 1. The van der Waals surface area contributed by atoms with Gasteiger partial charge in [0.1, 0.15) is 77.2 Å². The quantitative estimate of drug-likeness (QED) is 0.100. The minimum atomic E-state index is -2.11. The van der Waals surface area contributed by atoms with Crippen LogP contribution in [-0.2, 0) is 38.4 Å². The third-order valence-electron chi connectivity index (χ3n) is 17.8. The van der Waals surface area contributed by atoms with Gasteiger partial charge in [0.2, 0.25) is 53.0 Å². The van der Waals surface area contributed by atoms with Crippen LogP contribution in [0.3, 0.4) is 0 Å². The molecular weight excluding hydrogens is 1170 g/mol. The molecule has 5 heterocycles. The fraction of sp³-hybridized carbons (Fsp3) is 0.397. The summed E-state index contributed by atoms with van der Waals surface area (Å²) in [5.74, 6) is -11.1. The maximum Gasteiger partial charge on any atom is 0.248 e. The molecule has 0 spiro atoms. The average Bonchev–Trinajstić information content (AvgIpc) is 0.897. The van der Waals surface area contributed by atoms with Gasteiger partial charge in [0.25, 0.3) is 0 Å². The van der Waals surface area contributed by atoms with Crippen molar-refractivity contribution in [1.82, 2.24) is 42.5 Å². The number of benzene rings is 5. The summed E-state index contributed by atoms with van der Waals surface area (Å²) in [6, 6.07) is 3.92. The number of amides is 8. The van der Waals surface area contributed by atoms with Crippen molar-refractivity contribution in [3.8, 4) is 57.1 Å². The molecule has 26 heteroatoms. The Morgan fingerprint density at radius 3 is 1.92 bits per heavy atom. The molecule has 0 aromatic heterocycles. The zero-order valence-electron chi connectivity index (χ0n) is 48.4. The molecule has 9 atom stereocenters. The lowest BCUT2D eigenvalue weighted by Crippen LogP contribution is -2.59. The monoisotopic (exact) mass is 1240 g/mol. The molecule has 4 fully saturated rings. The molecule has 4 aliphatic carbocycles. The van der Waals surface area contributed by atoms with Crippen LogP contribution in [-0.4, -0.2) is 115 Å². The van der Waals surface area contributed by atoms with E-state index in [2.05, 4.69) is 42.5 Å². The predicted molar refractivity (Wildman–Crippen MR) is 316 cm³/mol. The smallest absolute Gasteiger partial charge is 0.248 e. The van der Waals surface area contributed by atoms with Gasteiger partial charge in [0, 0.05) is 23.2 Å². The Labute approximate surface area is 514 Å². The largest absolute Gasteiger partial charge is 0.508 e. The van der Waals surface area contributed by atoms with Crippen LogP contribution in [0.25, 0.3) is 11.1 Å². The van der Waals surface area contributed by atoms with E-state index in [1.54, 1.807) is 0 Å². The van der Waals surface area contributed by atoms with Gasteiger partial charge in [0.15, 0.2) is 11.5 Å². The van der Waals surface area contributed by atoms with E-state index < -0.39 is 143 Å². The van der Waals surface area contributed by atoms with Crippen molar-refractivity contribution in [2.24, 2.45) is 35.3 Å². The van der Waals surface area contributed by atoms with Crippen LogP contribution in [0.1, 0.15) is 117 Å². The van der Waals surface area contributed by atoms with Gasteiger partial charge in [-0.3, -0.25) is 38.4 Å². The molecule has 4 saturated carbocycles. The number of rotatable bonds is 9. The van der Waals surface area contributed by atoms with E-state index in [9.17, 15) is 49.8 Å². The van der Waals surface area contributed by atoms with E-state index in [0.717, 1.165) is 62.4 Å². The lowest BCUT2D eigenvalue weighted by molar-refractivity contribution is -0.138. The molecule has 468 valence electrons. The second-order valence-electron chi connectivity index (χ2n) is 24.4. The molecule has 15 bridgehead atoms. The number of ether oxygens (including phenoxy) is 2. The maximum atomic E-state index is 15.6. The van der Waals surface area contributed by atoms with Gasteiger partial charge < -0.3 is 88.4 Å². The number of aliphatic hydroxyl groups is 2. The molecule has 25 nitrogen and oxygen atoms in total. The highest BCUT2D eigenvalue weighted by Crippen LogP contribution is 2.54. The number of likely N-dealkylation sites (N-methyl/N-ethyl adjacent to an activating group) is 1. The first-order valence-electron chi connectivity index (χ1n) is 29.4. The molecule has 5 aromatic rings. The molecule has 0 radical (unpaired) electrons. The van der Waals surface area contributed by atoms with Crippen LogP contribution < -0.4 is 57.7 Å². The molecule has 5 aliphatic heterocycles. The van der Waals surface area contributed by atoms with Crippen LogP contribution in [0.4, 0.5) is 0 Å². The van der Waals surface area contributed by atoms with Crippen LogP contribution >= 0.6 is 11.6 Å². The third-order valence-corrected chi connectivity index (χ3v) is 18.1. The summed E-state index contributed by atoms with van der Waals surface area (Å²) in [5.41, 5.74) is 4.41. The number of nitrogens with one attached hydrogen (secondary N) is 8. The number of carbonyl (C=O) groups is 8. The Kier molecular flexibility index (Phi) is 17.1. The van der Waals surface area contributed by atoms with Gasteiger partial charge in [-0.05, 0) is 158 Å². The summed E-state index contributed by atoms with van der Waals surface area (Å²) in [6.45, 7) is 3.72. The standard InChI is InChI=1S/C63H68ClN9O16/c1-25(2)12-39(66-3)57(81)72-53-55(79)30-7-11-43(38(64)19-30)89-45-21-33-20-44(56(45)80)88-35-8-4-28(5-9-35)54(78)52-63(87)71-51(61(85)68-48-31-14-26-13-27(16-31)17-32(48)15-26)37-22-34(74)23-42(76)47(37)36-18-29(6-10-41(36)75)49(59(83)73-52)70-60(84)50(33)69-58(82)40(24-46(65)77)67-62(53)86/h4-11,18-23,25-27,31-32,39-40,48-55,66,74-76,78-80H,12-17,24H2,1-3H3,(H2,65,77)(H,67,86)(H,68,85)(H,69,82)(H,70,84)(H,71,87)(H,72,81)(H,73,83)/t26?,27?,31?,32?,39-,40+,48?,49-,50-,51+,52+,53-,54-,55-/m1/s1. The van der Waals surface area contributed by atoms with Crippen molar-refractivity contribution in [3.05, 3.63) is 118 Å². The topological polar surface area (TPSA) is 399 Å². The number of halogens is 1. The molecule has 8 amide bonds. The second kappa shape index (κ2) is 24.8. The van der Waals surface area contributed by atoms with Gasteiger partial charge in [0.05, 0.1) is 17.5 Å². The number of carbonyl (C=O) groups excluding carboxylic acids is 8. The zero-order chi connectivity index (χ0) is 63.4. The first-order chi connectivity index (χ1) is 42.4. The molecular formula is C63H68ClN9O16. The molecule has 14 rings (SSSR count). The van der Waals surface area contributed by atoms with E-state index in [1.165, 1.54) is 61.6 Å². The van der Waals surface area contributed by atoms with E-state index in [0.29, 0.717) is 11.8 Å². The van der Waals surface area contributed by atoms with E-state index in [4.69, 9.17) is 26.8 Å². The Balaban J connectivity index is 1.06. The van der Waals surface area contributed by atoms with Crippen molar-refractivity contribution in [3.63, 3.8) is 0 Å². The van der Waals surface area contributed by atoms with E-state index in [-0.39, 0.29) is 85.7 Å². The summed E-state index contributed by atoms with van der Waals surface area (Å²) in [7, 11) is 1.52. The Morgan fingerprint density at radius 1 is 0.640 bits per heavy atom.